The molecule has 1 aromatic heterocycles. The molecule has 0 spiro atoms. The maximum absolute atomic E-state index is 6.01. The van der Waals surface area contributed by atoms with Crippen LogP contribution in [-0.4, -0.2) is 28.7 Å². The molecular formula is C14H21N2OPS. The van der Waals surface area contributed by atoms with Gasteiger partial charge in [-0.1, -0.05) is 32.0 Å². The third-order valence-corrected chi connectivity index (χ3v) is 5.67. The summed E-state index contributed by atoms with van der Waals surface area (Å²) in [4.78, 5) is 1.01. The Balaban J connectivity index is 2.49. The van der Waals surface area contributed by atoms with Crippen LogP contribution in [0.1, 0.15) is 20.8 Å². The molecule has 5 heteroatoms. The van der Waals surface area contributed by atoms with Gasteiger partial charge in [-0.2, -0.15) is 0 Å². The van der Waals surface area contributed by atoms with Crippen LogP contribution in [0.2, 0.25) is 0 Å². The van der Waals surface area contributed by atoms with Gasteiger partial charge in [0.25, 0.3) is 0 Å². The molecule has 0 aliphatic heterocycles. The lowest BCUT2D eigenvalue weighted by atomic mass is 10.2. The molecule has 2 rings (SSSR count). The van der Waals surface area contributed by atoms with Crippen molar-refractivity contribution in [1.82, 2.24) is 9.01 Å². The van der Waals surface area contributed by atoms with E-state index >= 15 is 0 Å². The van der Waals surface area contributed by atoms with Crippen molar-refractivity contribution in [1.29, 1.82) is 0 Å². The van der Waals surface area contributed by atoms with Crippen LogP contribution in [0.4, 0.5) is 0 Å². The van der Waals surface area contributed by atoms with Gasteiger partial charge >= 0.3 is 0 Å². The summed E-state index contributed by atoms with van der Waals surface area (Å²) in [5, 5.41) is 1.19. The number of hydrogen-bond donors (Lipinski definition) is 1. The molecule has 0 N–H and O–H groups in total. The smallest absolute Gasteiger partial charge is 0.222 e. The van der Waals surface area contributed by atoms with Crippen molar-refractivity contribution >= 4 is 32.0 Å². The number of rotatable bonds is 6. The fraction of sp³-hybridized carbons (Fsp3) is 0.429. The van der Waals surface area contributed by atoms with Gasteiger partial charge in [0, 0.05) is 29.6 Å². The zero-order chi connectivity index (χ0) is 13.8. The zero-order valence-corrected chi connectivity index (χ0v) is 13.5. The maximum Gasteiger partial charge on any atom is 0.222 e. The van der Waals surface area contributed by atoms with Gasteiger partial charge in [-0.25, -0.2) is 4.67 Å². The van der Waals surface area contributed by atoms with Crippen LogP contribution < -0.4 is 0 Å². The second-order valence-electron chi connectivity index (χ2n) is 4.19. The Kier molecular flexibility index (Phi) is 5.28. The van der Waals surface area contributed by atoms with Crippen molar-refractivity contribution in [2.75, 3.05) is 19.7 Å². The van der Waals surface area contributed by atoms with Gasteiger partial charge in [0.2, 0.25) is 8.45 Å². The summed E-state index contributed by atoms with van der Waals surface area (Å²) in [7, 11) is -0.797. The molecule has 0 radical (unpaired) electrons. The summed E-state index contributed by atoms with van der Waals surface area (Å²) in [5.41, 5.74) is 1.19. The van der Waals surface area contributed by atoms with Gasteiger partial charge in [0.05, 0.1) is 12.1 Å². The fourth-order valence-electron chi connectivity index (χ4n) is 2.15. The van der Waals surface area contributed by atoms with Gasteiger partial charge in [-0.15, -0.1) is 12.6 Å². The molecule has 0 saturated carbocycles. The van der Waals surface area contributed by atoms with Gasteiger partial charge in [0.1, 0.15) is 0 Å². The van der Waals surface area contributed by atoms with Crippen molar-refractivity contribution in [3.63, 3.8) is 0 Å². The van der Waals surface area contributed by atoms with E-state index in [2.05, 4.69) is 59.9 Å². The molecule has 0 bridgehead atoms. The minimum absolute atomic E-state index is 0.719. The zero-order valence-electron chi connectivity index (χ0n) is 11.7. The molecule has 2 aromatic rings. The summed E-state index contributed by atoms with van der Waals surface area (Å²) >= 11 is 4.58. The van der Waals surface area contributed by atoms with E-state index in [0.717, 1.165) is 24.6 Å². The van der Waals surface area contributed by atoms with Crippen molar-refractivity contribution < 1.29 is 4.52 Å². The van der Waals surface area contributed by atoms with Gasteiger partial charge in [-0.05, 0) is 13.0 Å². The number of benzene rings is 1. The van der Waals surface area contributed by atoms with E-state index in [-0.39, 0.29) is 0 Å². The molecule has 0 fully saturated rings. The highest BCUT2D eigenvalue weighted by Crippen LogP contribution is 2.46. The summed E-state index contributed by atoms with van der Waals surface area (Å²) in [6, 6.07) is 8.35. The molecule has 3 nitrogen and oxygen atoms in total. The largest absolute Gasteiger partial charge is 0.327 e. The van der Waals surface area contributed by atoms with E-state index < -0.39 is 8.45 Å². The number of hydrogen-bond acceptors (Lipinski definition) is 3. The highest BCUT2D eigenvalue weighted by atomic mass is 32.1. The van der Waals surface area contributed by atoms with Crippen LogP contribution in [-0.2, 0) is 4.52 Å². The molecular weight excluding hydrogens is 275 g/mol. The number of para-hydroxylation sites is 1. The lowest BCUT2D eigenvalue weighted by Crippen LogP contribution is -2.21. The van der Waals surface area contributed by atoms with E-state index in [0.29, 0.717) is 0 Å². The molecule has 0 aliphatic carbocycles. The van der Waals surface area contributed by atoms with Crippen LogP contribution in [0.3, 0.4) is 0 Å². The van der Waals surface area contributed by atoms with Crippen molar-refractivity contribution in [2.24, 2.45) is 0 Å². The lowest BCUT2D eigenvalue weighted by Gasteiger charge is -2.29. The SMILES string of the molecule is CCOP(N(CC)CC)n1cc(S)c2ccccc21. The first-order valence-corrected chi connectivity index (χ1v) is 8.31. The normalized spacial score (nSPS) is 13.3. The van der Waals surface area contributed by atoms with Crippen LogP contribution in [0.25, 0.3) is 10.9 Å². The third kappa shape index (κ3) is 2.97. The first-order valence-electron chi connectivity index (χ1n) is 6.70. The Hall–Kier alpha value is -0.540. The Morgan fingerprint density at radius 2 is 1.89 bits per heavy atom. The molecule has 1 aromatic carbocycles. The minimum atomic E-state index is -0.797. The van der Waals surface area contributed by atoms with E-state index in [1.807, 2.05) is 13.0 Å². The van der Waals surface area contributed by atoms with Crippen LogP contribution in [0.5, 0.6) is 0 Å². The molecule has 1 atom stereocenters. The van der Waals surface area contributed by atoms with Gasteiger partial charge in [0.15, 0.2) is 0 Å². The summed E-state index contributed by atoms with van der Waals surface area (Å²) in [6.45, 7) is 9.08. The third-order valence-electron chi connectivity index (χ3n) is 3.07. The van der Waals surface area contributed by atoms with Gasteiger partial charge < -0.3 is 4.52 Å². The summed E-state index contributed by atoms with van der Waals surface area (Å²) in [5.74, 6) is 0. The van der Waals surface area contributed by atoms with Crippen molar-refractivity contribution in [2.45, 2.75) is 25.7 Å². The van der Waals surface area contributed by atoms with Crippen LogP contribution in [0.15, 0.2) is 35.4 Å². The maximum atomic E-state index is 6.01. The predicted octanol–water partition coefficient (Wildman–Crippen LogP) is 4.38. The van der Waals surface area contributed by atoms with Crippen molar-refractivity contribution in [3.8, 4) is 0 Å². The number of aromatic nitrogens is 1. The summed E-state index contributed by atoms with van der Waals surface area (Å²) < 4.78 is 10.6. The van der Waals surface area contributed by atoms with Crippen LogP contribution in [0, 0.1) is 0 Å². The average Bonchev–Trinajstić information content (AvgIpc) is 2.77. The Labute approximate surface area is 121 Å². The highest BCUT2D eigenvalue weighted by molar-refractivity contribution is 7.80. The Bertz CT molecular complexity index is 539. The number of nitrogens with zero attached hydrogens (tertiary/aromatic N) is 2. The molecule has 1 heterocycles. The highest BCUT2D eigenvalue weighted by Gasteiger charge is 2.21. The predicted molar refractivity (Wildman–Crippen MR) is 86.1 cm³/mol. The first-order chi connectivity index (χ1) is 9.22. The monoisotopic (exact) mass is 296 g/mol. The van der Waals surface area contributed by atoms with E-state index in [1.54, 1.807) is 0 Å². The van der Waals surface area contributed by atoms with E-state index in [1.165, 1.54) is 10.9 Å². The molecule has 0 aliphatic rings. The molecule has 19 heavy (non-hydrogen) atoms. The second kappa shape index (κ2) is 6.76. The second-order valence-corrected chi connectivity index (χ2v) is 6.43. The summed E-state index contributed by atoms with van der Waals surface area (Å²) in [6.07, 6.45) is 2.09. The van der Waals surface area contributed by atoms with E-state index in [9.17, 15) is 0 Å². The molecule has 0 saturated heterocycles. The quantitative estimate of drug-likeness (QED) is 0.629. The standard InChI is InChI=1S/C14H21N2OPS/c1-4-15(5-2)18(17-6-3)16-11-14(19)12-9-7-8-10-13(12)16/h7-11,19H,4-6H2,1-3H3. The lowest BCUT2D eigenvalue weighted by molar-refractivity contribution is 0.324. The van der Waals surface area contributed by atoms with Crippen molar-refractivity contribution in [3.05, 3.63) is 30.5 Å². The molecule has 104 valence electrons. The molecule has 0 amide bonds. The fourth-order valence-corrected chi connectivity index (χ4v) is 4.39. The number of thiol groups is 1. The minimum Gasteiger partial charge on any atom is -0.327 e. The van der Waals surface area contributed by atoms with E-state index in [4.69, 9.17) is 4.52 Å². The average molecular weight is 296 g/mol. The Morgan fingerprint density at radius 3 is 2.53 bits per heavy atom. The molecule has 1 unspecified atom stereocenters. The number of fused-ring (bicyclic) bond motifs is 1. The Morgan fingerprint density at radius 1 is 1.21 bits per heavy atom. The van der Waals surface area contributed by atoms with Crippen LogP contribution >= 0.6 is 21.1 Å². The first kappa shape index (κ1) is 14.9. The topological polar surface area (TPSA) is 17.4 Å². The van der Waals surface area contributed by atoms with Gasteiger partial charge in [-0.3, -0.25) is 4.34 Å².